The third-order valence-electron chi connectivity index (χ3n) is 4.50. The number of carboxylic acid groups (broad SMARTS) is 1. The van der Waals surface area contributed by atoms with E-state index in [1.807, 2.05) is 12.2 Å². The van der Waals surface area contributed by atoms with Gasteiger partial charge in [0.05, 0.1) is 21.9 Å². The van der Waals surface area contributed by atoms with Gasteiger partial charge in [-0.25, -0.2) is 0 Å². The summed E-state index contributed by atoms with van der Waals surface area (Å²) < 4.78 is 0. The van der Waals surface area contributed by atoms with Crippen LogP contribution in [-0.2, 0) is 16.1 Å². The molecule has 3 rings (SSSR count). The van der Waals surface area contributed by atoms with Crippen LogP contribution in [0.3, 0.4) is 0 Å². The Morgan fingerprint density at radius 2 is 1.82 bits per heavy atom. The Morgan fingerprint density at radius 1 is 1.14 bits per heavy atom. The number of benzene rings is 1. The number of amides is 1. The molecule has 0 spiro atoms. The maximum Gasteiger partial charge on any atom is 0.307 e. The van der Waals surface area contributed by atoms with E-state index in [1.54, 1.807) is 18.2 Å². The highest BCUT2D eigenvalue weighted by atomic mass is 35.5. The zero-order chi connectivity index (χ0) is 15.9. The van der Waals surface area contributed by atoms with Crippen molar-refractivity contribution in [1.82, 2.24) is 5.32 Å². The number of hydrogen-bond acceptors (Lipinski definition) is 2. The highest BCUT2D eigenvalue weighted by molar-refractivity contribution is 6.42. The summed E-state index contributed by atoms with van der Waals surface area (Å²) in [6, 6.07) is 5.15. The van der Waals surface area contributed by atoms with Crippen LogP contribution in [0.2, 0.25) is 10.0 Å². The van der Waals surface area contributed by atoms with E-state index in [0.717, 1.165) is 12.0 Å². The van der Waals surface area contributed by atoms with Crippen LogP contribution < -0.4 is 5.32 Å². The number of halogens is 2. The lowest BCUT2D eigenvalue weighted by molar-refractivity contribution is -0.147. The van der Waals surface area contributed by atoms with Crippen LogP contribution in [0.5, 0.6) is 0 Å². The van der Waals surface area contributed by atoms with Crippen LogP contribution in [0, 0.1) is 23.7 Å². The number of nitrogens with one attached hydrogen (secondary N) is 1. The van der Waals surface area contributed by atoms with Gasteiger partial charge in [0.1, 0.15) is 0 Å². The van der Waals surface area contributed by atoms with Crippen molar-refractivity contribution < 1.29 is 14.7 Å². The number of aliphatic carboxylic acids is 1. The second kappa shape index (κ2) is 5.94. The van der Waals surface area contributed by atoms with Gasteiger partial charge in [0.25, 0.3) is 0 Å². The van der Waals surface area contributed by atoms with E-state index in [-0.39, 0.29) is 17.7 Å². The second-order valence-corrected chi connectivity index (χ2v) is 6.62. The topological polar surface area (TPSA) is 66.4 Å². The Kier molecular flexibility index (Phi) is 4.15. The van der Waals surface area contributed by atoms with Crippen LogP contribution >= 0.6 is 23.2 Å². The summed E-state index contributed by atoms with van der Waals surface area (Å²) in [5, 5.41) is 13.1. The SMILES string of the molecule is O=C(NCc1ccc(Cl)c(Cl)c1)[C@@H]1[C@H](C(=O)O)[C@H]2C=C[C@H]1C2. The highest BCUT2D eigenvalue weighted by Gasteiger charge is 2.51. The minimum Gasteiger partial charge on any atom is -0.481 e. The van der Waals surface area contributed by atoms with Crippen molar-refractivity contribution in [3.05, 3.63) is 46.0 Å². The van der Waals surface area contributed by atoms with Gasteiger partial charge in [0.15, 0.2) is 0 Å². The van der Waals surface area contributed by atoms with Gasteiger partial charge in [-0.1, -0.05) is 41.4 Å². The van der Waals surface area contributed by atoms with E-state index in [4.69, 9.17) is 23.2 Å². The van der Waals surface area contributed by atoms with E-state index >= 15 is 0 Å². The average molecular weight is 340 g/mol. The molecule has 4 nitrogen and oxygen atoms in total. The van der Waals surface area contributed by atoms with E-state index in [0.29, 0.717) is 16.6 Å². The molecule has 2 bridgehead atoms. The monoisotopic (exact) mass is 339 g/mol. The van der Waals surface area contributed by atoms with Crippen molar-refractivity contribution in [1.29, 1.82) is 0 Å². The van der Waals surface area contributed by atoms with E-state index in [2.05, 4.69) is 5.32 Å². The maximum atomic E-state index is 12.4. The molecule has 1 aromatic rings. The first-order chi connectivity index (χ1) is 10.5. The molecular weight excluding hydrogens is 325 g/mol. The molecule has 2 N–H and O–H groups in total. The Bertz CT molecular complexity index is 659. The van der Waals surface area contributed by atoms with E-state index < -0.39 is 17.8 Å². The minimum atomic E-state index is -0.897. The Balaban J connectivity index is 1.68. The molecule has 1 fully saturated rings. The third kappa shape index (κ3) is 2.73. The zero-order valence-electron chi connectivity index (χ0n) is 11.6. The fraction of sp³-hybridized carbons (Fsp3) is 0.375. The third-order valence-corrected chi connectivity index (χ3v) is 5.24. The van der Waals surface area contributed by atoms with Crippen LogP contribution in [0.4, 0.5) is 0 Å². The molecule has 22 heavy (non-hydrogen) atoms. The number of carbonyl (C=O) groups is 2. The number of carbonyl (C=O) groups excluding carboxylic acids is 1. The molecule has 1 aromatic carbocycles. The summed E-state index contributed by atoms with van der Waals surface area (Å²) in [6.07, 6.45) is 4.64. The van der Waals surface area contributed by atoms with Gasteiger partial charge in [0.2, 0.25) is 5.91 Å². The summed E-state index contributed by atoms with van der Waals surface area (Å²) in [6.45, 7) is 0.305. The lowest BCUT2D eigenvalue weighted by Gasteiger charge is -2.23. The van der Waals surface area contributed by atoms with Crippen LogP contribution in [0.15, 0.2) is 30.4 Å². The Hall–Kier alpha value is -1.52. The molecular formula is C16H15Cl2NO3. The lowest BCUT2D eigenvalue weighted by Crippen LogP contribution is -2.39. The first-order valence-electron chi connectivity index (χ1n) is 7.10. The van der Waals surface area contributed by atoms with Crippen molar-refractivity contribution in [2.45, 2.75) is 13.0 Å². The molecule has 0 unspecified atom stereocenters. The molecule has 2 aliphatic rings. The summed E-state index contributed by atoms with van der Waals surface area (Å²) in [5.74, 6) is -2.22. The molecule has 0 heterocycles. The molecule has 0 aromatic heterocycles. The van der Waals surface area contributed by atoms with Gasteiger partial charge in [-0.05, 0) is 36.0 Å². The quantitative estimate of drug-likeness (QED) is 0.828. The average Bonchev–Trinajstić information content (AvgIpc) is 3.08. The fourth-order valence-electron chi connectivity index (χ4n) is 3.47. The predicted molar refractivity (Wildman–Crippen MR) is 83.7 cm³/mol. The lowest BCUT2D eigenvalue weighted by atomic mass is 9.82. The van der Waals surface area contributed by atoms with Crippen LogP contribution in [0.25, 0.3) is 0 Å². The molecule has 1 amide bonds. The largest absolute Gasteiger partial charge is 0.481 e. The summed E-state index contributed by atoms with van der Waals surface area (Å²) >= 11 is 11.8. The molecule has 1 saturated carbocycles. The summed E-state index contributed by atoms with van der Waals surface area (Å²) in [5.41, 5.74) is 0.827. The van der Waals surface area contributed by atoms with Crippen LogP contribution in [-0.4, -0.2) is 17.0 Å². The number of allylic oxidation sites excluding steroid dienone is 2. The summed E-state index contributed by atoms with van der Waals surface area (Å²) in [4.78, 5) is 23.8. The number of carboxylic acids is 1. The molecule has 0 aliphatic heterocycles. The molecule has 0 radical (unpaired) electrons. The molecule has 6 heteroatoms. The molecule has 0 saturated heterocycles. The number of fused-ring (bicyclic) bond motifs is 2. The van der Waals surface area contributed by atoms with Gasteiger partial charge < -0.3 is 10.4 Å². The molecule has 2 aliphatic carbocycles. The van der Waals surface area contributed by atoms with Crippen molar-refractivity contribution in [2.24, 2.45) is 23.7 Å². The molecule has 4 atom stereocenters. The van der Waals surface area contributed by atoms with Gasteiger partial charge in [0, 0.05) is 6.54 Å². The highest BCUT2D eigenvalue weighted by Crippen LogP contribution is 2.48. The number of hydrogen-bond donors (Lipinski definition) is 2. The minimum absolute atomic E-state index is 0.0248. The van der Waals surface area contributed by atoms with E-state index in [9.17, 15) is 14.7 Å². The fourth-order valence-corrected chi connectivity index (χ4v) is 3.79. The predicted octanol–water partition coefficient (Wildman–Crippen LogP) is 3.13. The van der Waals surface area contributed by atoms with E-state index in [1.165, 1.54) is 0 Å². The Morgan fingerprint density at radius 3 is 2.45 bits per heavy atom. The summed E-state index contributed by atoms with van der Waals surface area (Å²) in [7, 11) is 0. The first-order valence-corrected chi connectivity index (χ1v) is 7.85. The molecule has 116 valence electrons. The zero-order valence-corrected chi connectivity index (χ0v) is 13.1. The Labute approximate surface area is 138 Å². The van der Waals surface area contributed by atoms with Crippen molar-refractivity contribution >= 4 is 35.1 Å². The van der Waals surface area contributed by atoms with Crippen molar-refractivity contribution in [2.75, 3.05) is 0 Å². The van der Waals surface area contributed by atoms with Gasteiger partial charge in [-0.15, -0.1) is 0 Å². The standard InChI is InChI=1S/C16H15Cl2NO3/c17-11-4-1-8(5-12(11)18)7-19-15(20)13-9-2-3-10(6-9)14(13)16(21)22/h1-5,9-10,13-14H,6-7H2,(H,19,20)(H,21,22)/t9-,10-,13-,14+/m0/s1. The van der Waals surface area contributed by atoms with Crippen molar-refractivity contribution in [3.63, 3.8) is 0 Å². The van der Waals surface area contributed by atoms with Crippen LogP contribution in [0.1, 0.15) is 12.0 Å². The maximum absolute atomic E-state index is 12.4. The van der Waals surface area contributed by atoms with Crippen molar-refractivity contribution in [3.8, 4) is 0 Å². The van der Waals surface area contributed by atoms with Gasteiger partial charge in [-0.3, -0.25) is 9.59 Å². The van der Waals surface area contributed by atoms with Gasteiger partial charge >= 0.3 is 5.97 Å². The number of rotatable bonds is 4. The first kappa shape index (κ1) is 15.4. The normalized spacial score (nSPS) is 28.8. The van der Waals surface area contributed by atoms with Gasteiger partial charge in [-0.2, -0.15) is 0 Å². The second-order valence-electron chi connectivity index (χ2n) is 5.80. The smallest absolute Gasteiger partial charge is 0.307 e.